The summed E-state index contributed by atoms with van der Waals surface area (Å²) < 4.78 is 5.85. The fraction of sp³-hybridized carbons (Fsp3) is 0.556. The molecular formula is C18H22BrNO3. The average molecular weight is 380 g/mol. The lowest BCUT2D eigenvalue weighted by Crippen LogP contribution is -2.34. The second-order valence-corrected chi connectivity index (χ2v) is 7.51. The van der Waals surface area contributed by atoms with Crippen LogP contribution in [0.25, 0.3) is 0 Å². The maximum Gasteiger partial charge on any atom is 0.312 e. The first-order valence-corrected chi connectivity index (χ1v) is 9.03. The van der Waals surface area contributed by atoms with E-state index in [4.69, 9.17) is 4.74 Å². The van der Waals surface area contributed by atoms with Gasteiger partial charge in [0.1, 0.15) is 0 Å². The zero-order chi connectivity index (χ0) is 16.4. The molecule has 5 heteroatoms. The van der Waals surface area contributed by atoms with Gasteiger partial charge < -0.3 is 10.1 Å². The van der Waals surface area contributed by atoms with Crippen molar-refractivity contribution in [2.75, 3.05) is 12.4 Å². The van der Waals surface area contributed by atoms with Crippen molar-refractivity contribution >= 4 is 33.5 Å². The van der Waals surface area contributed by atoms with Crippen molar-refractivity contribution in [1.29, 1.82) is 0 Å². The number of rotatable bonds is 4. The Labute approximate surface area is 145 Å². The summed E-state index contributed by atoms with van der Waals surface area (Å²) in [5, 5.41) is 2.98. The highest BCUT2D eigenvalue weighted by atomic mass is 79.9. The van der Waals surface area contributed by atoms with Gasteiger partial charge >= 0.3 is 5.97 Å². The van der Waals surface area contributed by atoms with Gasteiger partial charge in [0.25, 0.3) is 0 Å². The molecule has 0 saturated heterocycles. The number of aryl methyl sites for hydroxylation is 2. The van der Waals surface area contributed by atoms with Gasteiger partial charge in [0.2, 0.25) is 5.91 Å². The number of esters is 1. The summed E-state index contributed by atoms with van der Waals surface area (Å²) in [7, 11) is 1.40. The molecule has 0 heterocycles. The molecule has 0 unspecified atom stereocenters. The van der Waals surface area contributed by atoms with E-state index in [1.807, 2.05) is 0 Å². The third-order valence-electron chi connectivity index (χ3n) is 5.13. The third-order valence-corrected chi connectivity index (χ3v) is 5.79. The second-order valence-electron chi connectivity index (χ2n) is 6.66. The molecule has 0 radical (unpaired) electrons. The molecule has 1 N–H and O–H groups in total. The first-order chi connectivity index (χ1) is 11.0. The van der Waals surface area contributed by atoms with Crippen LogP contribution in [0.2, 0.25) is 0 Å². The van der Waals surface area contributed by atoms with Crippen LogP contribution in [-0.2, 0) is 27.2 Å². The van der Waals surface area contributed by atoms with E-state index in [2.05, 4.69) is 33.4 Å². The van der Waals surface area contributed by atoms with Crippen LogP contribution in [0, 0.1) is 5.41 Å². The molecule has 0 bridgehead atoms. The minimum Gasteiger partial charge on any atom is -0.469 e. The number of hydrogen-bond acceptors (Lipinski definition) is 3. The van der Waals surface area contributed by atoms with E-state index in [0.717, 1.165) is 48.7 Å². The lowest BCUT2D eigenvalue weighted by atomic mass is 9.82. The van der Waals surface area contributed by atoms with Crippen LogP contribution in [0.1, 0.15) is 49.7 Å². The van der Waals surface area contributed by atoms with Crippen LogP contribution in [0.5, 0.6) is 0 Å². The number of ether oxygens (including phenoxy) is 1. The summed E-state index contributed by atoms with van der Waals surface area (Å²) in [6.07, 6.45) is 6.96. The molecule has 0 aromatic heterocycles. The molecule has 1 saturated carbocycles. The number of carbonyl (C=O) groups is 2. The van der Waals surface area contributed by atoms with Crippen molar-refractivity contribution < 1.29 is 14.3 Å². The quantitative estimate of drug-likeness (QED) is 0.804. The number of fused-ring (bicyclic) bond motifs is 1. The van der Waals surface area contributed by atoms with Gasteiger partial charge in [0, 0.05) is 10.9 Å². The summed E-state index contributed by atoms with van der Waals surface area (Å²) in [5.41, 5.74) is 2.83. The number of benzene rings is 1. The van der Waals surface area contributed by atoms with Crippen LogP contribution >= 0.6 is 15.9 Å². The minimum atomic E-state index is -0.637. The van der Waals surface area contributed by atoms with E-state index in [9.17, 15) is 9.59 Å². The van der Waals surface area contributed by atoms with Crippen molar-refractivity contribution in [1.82, 2.24) is 0 Å². The second kappa shape index (κ2) is 6.63. The number of carbonyl (C=O) groups excluding carboxylic acids is 2. The fourth-order valence-corrected chi connectivity index (χ4v) is 4.40. The van der Waals surface area contributed by atoms with Gasteiger partial charge in [-0.1, -0.05) is 12.8 Å². The first-order valence-electron chi connectivity index (χ1n) is 8.24. The number of methoxy groups -OCH3 is 1. The number of hydrogen-bond donors (Lipinski definition) is 1. The van der Waals surface area contributed by atoms with Gasteiger partial charge in [-0.3, -0.25) is 9.59 Å². The van der Waals surface area contributed by atoms with E-state index < -0.39 is 5.41 Å². The normalized spacial score (nSPS) is 18.5. The molecule has 1 aromatic rings. The summed E-state index contributed by atoms with van der Waals surface area (Å²) in [6.45, 7) is 0. The van der Waals surface area contributed by atoms with Gasteiger partial charge in [0.15, 0.2) is 0 Å². The molecular weight excluding hydrogens is 358 g/mol. The molecule has 3 rings (SSSR count). The van der Waals surface area contributed by atoms with E-state index in [1.165, 1.54) is 24.7 Å². The molecule has 2 aliphatic carbocycles. The topological polar surface area (TPSA) is 55.4 Å². The number of anilines is 1. The Kier molecular flexibility index (Phi) is 4.76. The van der Waals surface area contributed by atoms with Gasteiger partial charge in [-0.2, -0.15) is 0 Å². The molecule has 4 nitrogen and oxygen atoms in total. The Hall–Kier alpha value is -1.36. The largest absolute Gasteiger partial charge is 0.469 e. The number of nitrogens with one attached hydrogen (secondary N) is 1. The van der Waals surface area contributed by atoms with Crippen molar-refractivity contribution in [3.63, 3.8) is 0 Å². The highest BCUT2D eigenvalue weighted by Gasteiger charge is 2.43. The first kappa shape index (κ1) is 16.5. The summed E-state index contributed by atoms with van der Waals surface area (Å²) in [6, 6.07) is 4.16. The SMILES string of the molecule is COC(=O)C1(CC(=O)Nc2cc3c(cc2Br)CCC3)CCCC1. The average Bonchev–Trinajstić information content (AvgIpc) is 3.16. The van der Waals surface area contributed by atoms with Gasteiger partial charge in [0.05, 0.1) is 18.2 Å². The van der Waals surface area contributed by atoms with Gasteiger partial charge in [-0.15, -0.1) is 0 Å². The molecule has 23 heavy (non-hydrogen) atoms. The zero-order valence-electron chi connectivity index (χ0n) is 13.4. The van der Waals surface area contributed by atoms with E-state index in [0.29, 0.717) is 0 Å². The van der Waals surface area contributed by atoms with Crippen LogP contribution < -0.4 is 5.32 Å². The highest BCUT2D eigenvalue weighted by Crippen LogP contribution is 2.42. The predicted molar refractivity (Wildman–Crippen MR) is 92.3 cm³/mol. The molecule has 124 valence electrons. The fourth-order valence-electron chi connectivity index (χ4n) is 3.91. The Balaban J connectivity index is 1.73. The maximum absolute atomic E-state index is 12.5. The standard InChI is InChI=1S/C18H22BrNO3/c1-23-17(22)18(7-2-3-8-18)11-16(21)20-15-10-13-6-4-5-12(13)9-14(15)19/h9-10H,2-8,11H2,1H3,(H,20,21). The zero-order valence-corrected chi connectivity index (χ0v) is 15.0. The van der Waals surface area contributed by atoms with Crippen LogP contribution in [0.15, 0.2) is 16.6 Å². The van der Waals surface area contributed by atoms with E-state index in [-0.39, 0.29) is 18.3 Å². The van der Waals surface area contributed by atoms with Crippen molar-refractivity contribution in [2.24, 2.45) is 5.41 Å². The van der Waals surface area contributed by atoms with Crippen molar-refractivity contribution in [3.8, 4) is 0 Å². The Bertz CT molecular complexity index is 635. The summed E-state index contributed by atoms with van der Waals surface area (Å²) in [4.78, 5) is 24.6. The molecule has 1 aromatic carbocycles. The molecule has 0 aliphatic heterocycles. The molecule has 2 aliphatic rings. The molecule has 1 amide bonds. The number of halogens is 1. The Morgan fingerprint density at radius 1 is 1.17 bits per heavy atom. The lowest BCUT2D eigenvalue weighted by molar-refractivity contribution is -0.154. The van der Waals surface area contributed by atoms with Crippen LogP contribution in [-0.4, -0.2) is 19.0 Å². The lowest BCUT2D eigenvalue weighted by Gasteiger charge is -2.25. The third kappa shape index (κ3) is 3.30. The summed E-state index contributed by atoms with van der Waals surface area (Å²) in [5.74, 6) is -0.367. The van der Waals surface area contributed by atoms with Gasteiger partial charge in [-0.05, 0) is 71.3 Å². The molecule has 0 spiro atoms. The van der Waals surface area contributed by atoms with Gasteiger partial charge in [-0.25, -0.2) is 0 Å². The Morgan fingerprint density at radius 3 is 2.48 bits per heavy atom. The number of amides is 1. The minimum absolute atomic E-state index is 0.115. The van der Waals surface area contributed by atoms with Crippen molar-refractivity contribution in [3.05, 3.63) is 27.7 Å². The Morgan fingerprint density at radius 2 is 1.83 bits per heavy atom. The monoisotopic (exact) mass is 379 g/mol. The van der Waals surface area contributed by atoms with Crippen LogP contribution in [0.3, 0.4) is 0 Å². The molecule has 1 fully saturated rings. The maximum atomic E-state index is 12.5. The van der Waals surface area contributed by atoms with Crippen molar-refractivity contribution in [2.45, 2.75) is 51.4 Å². The van der Waals surface area contributed by atoms with E-state index >= 15 is 0 Å². The molecule has 0 atom stereocenters. The van der Waals surface area contributed by atoms with Crippen LogP contribution in [0.4, 0.5) is 5.69 Å². The van der Waals surface area contributed by atoms with E-state index in [1.54, 1.807) is 0 Å². The summed E-state index contributed by atoms with van der Waals surface area (Å²) >= 11 is 3.54. The smallest absolute Gasteiger partial charge is 0.312 e. The predicted octanol–water partition coefficient (Wildman–Crippen LogP) is 4.00. The highest BCUT2D eigenvalue weighted by molar-refractivity contribution is 9.10.